The summed E-state index contributed by atoms with van der Waals surface area (Å²) in [5.74, 6) is 0.569. The van der Waals surface area contributed by atoms with Gasteiger partial charge in [-0.1, -0.05) is 22.0 Å². The fourth-order valence-corrected chi connectivity index (χ4v) is 2.42. The first-order chi connectivity index (χ1) is 8.74. The van der Waals surface area contributed by atoms with Crippen LogP contribution in [0, 0.1) is 0 Å². The predicted octanol–water partition coefficient (Wildman–Crippen LogP) is 3.09. The minimum absolute atomic E-state index is 0.0281. The second-order valence-corrected chi connectivity index (χ2v) is 4.93. The van der Waals surface area contributed by atoms with Gasteiger partial charge in [0.15, 0.2) is 6.61 Å². The summed E-state index contributed by atoms with van der Waals surface area (Å²) >= 11 is 3.60. The van der Waals surface area contributed by atoms with E-state index in [4.69, 9.17) is 9.15 Å². The third-order valence-corrected chi connectivity index (χ3v) is 3.82. The molecule has 0 saturated heterocycles. The SMILES string of the molecule is O=C1COc2ccc(C(Br)c3ccoc3)cc2N1. The maximum absolute atomic E-state index is 11.3. The molecule has 1 aliphatic rings. The van der Waals surface area contributed by atoms with E-state index in [1.54, 1.807) is 12.5 Å². The van der Waals surface area contributed by atoms with Gasteiger partial charge < -0.3 is 14.5 Å². The van der Waals surface area contributed by atoms with Gasteiger partial charge in [-0.15, -0.1) is 0 Å². The standard InChI is InChI=1S/C13H10BrNO3/c14-13(9-3-4-17-6-9)8-1-2-11-10(5-8)15-12(16)7-18-11/h1-6,13H,7H2,(H,15,16). The van der Waals surface area contributed by atoms with Crippen LogP contribution in [0.4, 0.5) is 5.69 Å². The van der Waals surface area contributed by atoms with Gasteiger partial charge in [0, 0.05) is 5.56 Å². The Labute approximate surface area is 112 Å². The Bertz CT molecular complexity index is 580. The van der Waals surface area contributed by atoms with Gasteiger partial charge in [-0.25, -0.2) is 0 Å². The number of fused-ring (bicyclic) bond motifs is 1. The van der Waals surface area contributed by atoms with Crippen molar-refractivity contribution >= 4 is 27.5 Å². The summed E-state index contributed by atoms with van der Waals surface area (Å²) in [4.78, 5) is 11.3. The van der Waals surface area contributed by atoms with Crippen molar-refractivity contribution in [3.63, 3.8) is 0 Å². The first-order valence-electron chi connectivity index (χ1n) is 5.47. The highest BCUT2D eigenvalue weighted by Gasteiger charge is 2.19. The molecule has 1 atom stereocenters. The summed E-state index contributed by atoms with van der Waals surface area (Å²) in [5.41, 5.74) is 2.76. The number of anilines is 1. The molecule has 0 aliphatic carbocycles. The number of rotatable bonds is 2. The molecular formula is C13H10BrNO3. The Morgan fingerprint density at radius 1 is 1.28 bits per heavy atom. The van der Waals surface area contributed by atoms with E-state index in [2.05, 4.69) is 21.2 Å². The molecule has 2 aromatic rings. The summed E-state index contributed by atoms with van der Waals surface area (Å²) < 4.78 is 10.4. The summed E-state index contributed by atoms with van der Waals surface area (Å²) in [7, 11) is 0. The maximum atomic E-state index is 11.3. The van der Waals surface area contributed by atoms with E-state index in [1.807, 2.05) is 24.3 Å². The molecule has 92 valence electrons. The lowest BCUT2D eigenvalue weighted by molar-refractivity contribution is -0.118. The van der Waals surface area contributed by atoms with Gasteiger partial charge in [0.2, 0.25) is 0 Å². The third kappa shape index (κ3) is 2.01. The Balaban J connectivity index is 1.94. The van der Waals surface area contributed by atoms with E-state index in [-0.39, 0.29) is 17.3 Å². The zero-order valence-corrected chi connectivity index (χ0v) is 10.9. The molecule has 0 spiro atoms. The van der Waals surface area contributed by atoms with Crippen LogP contribution in [0.2, 0.25) is 0 Å². The third-order valence-electron chi connectivity index (χ3n) is 2.76. The largest absolute Gasteiger partial charge is 0.482 e. The number of amides is 1. The van der Waals surface area contributed by atoms with Crippen molar-refractivity contribution in [2.75, 3.05) is 11.9 Å². The van der Waals surface area contributed by atoms with Crippen molar-refractivity contribution in [2.24, 2.45) is 0 Å². The maximum Gasteiger partial charge on any atom is 0.262 e. The summed E-state index contributed by atoms with van der Waals surface area (Å²) in [6, 6.07) is 7.62. The molecule has 1 aromatic heterocycles. The number of carbonyl (C=O) groups is 1. The van der Waals surface area contributed by atoms with E-state index in [1.165, 1.54) is 0 Å². The quantitative estimate of drug-likeness (QED) is 0.867. The molecule has 1 aromatic carbocycles. The molecule has 0 bridgehead atoms. The first-order valence-corrected chi connectivity index (χ1v) is 6.38. The van der Waals surface area contributed by atoms with Gasteiger partial charge in [0.1, 0.15) is 5.75 Å². The topological polar surface area (TPSA) is 51.5 Å². The molecule has 18 heavy (non-hydrogen) atoms. The lowest BCUT2D eigenvalue weighted by Crippen LogP contribution is -2.25. The van der Waals surface area contributed by atoms with Gasteiger partial charge in [-0.05, 0) is 23.8 Å². The monoisotopic (exact) mass is 307 g/mol. The van der Waals surface area contributed by atoms with Gasteiger partial charge in [-0.2, -0.15) is 0 Å². The highest BCUT2D eigenvalue weighted by molar-refractivity contribution is 9.09. The second-order valence-electron chi connectivity index (χ2n) is 4.01. The Morgan fingerprint density at radius 3 is 2.94 bits per heavy atom. The van der Waals surface area contributed by atoms with Gasteiger partial charge in [-0.3, -0.25) is 4.79 Å². The highest BCUT2D eigenvalue weighted by atomic mass is 79.9. The van der Waals surface area contributed by atoms with Crippen molar-refractivity contribution in [1.82, 2.24) is 0 Å². The van der Waals surface area contributed by atoms with E-state index in [9.17, 15) is 4.79 Å². The van der Waals surface area contributed by atoms with E-state index in [0.29, 0.717) is 11.4 Å². The van der Waals surface area contributed by atoms with Crippen molar-refractivity contribution in [3.05, 3.63) is 47.9 Å². The molecule has 0 saturated carbocycles. The van der Waals surface area contributed by atoms with Crippen molar-refractivity contribution in [3.8, 4) is 5.75 Å². The fourth-order valence-electron chi connectivity index (χ4n) is 1.87. The van der Waals surface area contributed by atoms with Crippen LogP contribution in [0.15, 0.2) is 41.2 Å². The summed E-state index contributed by atoms with van der Waals surface area (Å²) in [6.45, 7) is 0.0752. The molecular weight excluding hydrogens is 298 g/mol. The van der Waals surface area contributed by atoms with Crippen LogP contribution in [0.1, 0.15) is 16.0 Å². The molecule has 0 radical (unpaired) electrons. The summed E-state index contributed by atoms with van der Waals surface area (Å²) in [6.07, 6.45) is 3.32. The number of carbonyl (C=O) groups excluding carboxylic acids is 1. The van der Waals surface area contributed by atoms with E-state index >= 15 is 0 Å². The molecule has 0 fully saturated rings. The highest BCUT2D eigenvalue weighted by Crippen LogP contribution is 2.36. The smallest absolute Gasteiger partial charge is 0.262 e. The molecule has 1 N–H and O–H groups in total. The molecule has 3 rings (SSSR count). The van der Waals surface area contributed by atoms with Crippen molar-refractivity contribution in [2.45, 2.75) is 4.83 Å². The molecule has 1 aliphatic heterocycles. The average Bonchev–Trinajstić information content (AvgIpc) is 2.90. The lowest BCUT2D eigenvalue weighted by atomic mass is 10.1. The lowest BCUT2D eigenvalue weighted by Gasteiger charge is -2.19. The van der Waals surface area contributed by atoms with Crippen LogP contribution in [0.5, 0.6) is 5.75 Å². The van der Waals surface area contributed by atoms with E-state index < -0.39 is 0 Å². The van der Waals surface area contributed by atoms with Gasteiger partial charge >= 0.3 is 0 Å². The number of nitrogens with one attached hydrogen (secondary N) is 1. The number of benzene rings is 1. The number of hydrogen-bond donors (Lipinski definition) is 1. The molecule has 1 amide bonds. The zero-order chi connectivity index (χ0) is 12.5. The average molecular weight is 308 g/mol. The van der Waals surface area contributed by atoms with E-state index in [0.717, 1.165) is 11.1 Å². The zero-order valence-electron chi connectivity index (χ0n) is 9.35. The number of hydrogen-bond acceptors (Lipinski definition) is 3. The van der Waals surface area contributed by atoms with Crippen LogP contribution < -0.4 is 10.1 Å². The van der Waals surface area contributed by atoms with Gasteiger partial charge in [0.25, 0.3) is 5.91 Å². The summed E-state index contributed by atoms with van der Waals surface area (Å²) in [5, 5.41) is 2.79. The van der Waals surface area contributed by atoms with Crippen LogP contribution in [-0.4, -0.2) is 12.5 Å². The Hall–Kier alpha value is -1.75. The fraction of sp³-hybridized carbons (Fsp3) is 0.154. The van der Waals surface area contributed by atoms with Crippen molar-refractivity contribution in [1.29, 1.82) is 0 Å². The normalized spacial score (nSPS) is 15.5. The number of ether oxygens (including phenoxy) is 1. The predicted molar refractivity (Wildman–Crippen MR) is 70.0 cm³/mol. The van der Waals surface area contributed by atoms with Crippen LogP contribution in [0.25, 0.3) is 0 Å². The minimum Gasteiger partial charge on any atom is -0.482 e. The second kappa shape index (κ2) is 4.49. The Morgan fingerprint density at radius 2 is 2.17 bits per heavy atom. The van der Waals surface area contributed by atoms with Crippen LogP contribution in [-0.2, 0) is 4.79 Å². The van der Waals surface area contributed by atoms with Crippen molar-refractivity contribution < 1.29 is 13.9 Å². The number of halogens is 1. The molecule has 2 heterocycles. The minimum atomic E-state index is -0.130. The molecule has 4 nitrogen and oxygen atoms in total. The van der Waals surface area contributed by atoms with Crippen LogP contribution >= 0.6 is 15.9 Å². The number of alkyl halides is 1. The Kier molecular flexibility index (Phi) is 2.83. The first kappa shape index (κ1) is 11.3. The molecule has 5 heteroatoms. The number of furan rings is 1. The molecule has 1 unspecified atom stereocenters. The van der Waals surface area contributed by atoms with Crippen LogP contribution in [0.3, 0.4) is 0 Å². The van der Waals surface area contributed by atoms with Gasteiger partial charge in [0.05, 0.1) is 23.0 Å².